The molecule has 0 fully saturated rings. The summed E-state index contributed by atoms with van der Waals surface area (Å²) in [6.07, 6.45) is 0.403. The van der Waals surface area contributed by atoms with E-state index < -0.39 is 14.8 Å². The maximum atomic E-state index is 12.3. The molecule has 3 N–H and O–H groups in total. The summed E-state index contributed by atoms with van der Waals surface area (Å²) in [4.78, 5) is 24.4. The van der Waals surface area contributed by atoms with Gasteiger partial charge in [-0.15, -0.1) is 11.6 Å². The van der Waals surface area contributed by atoms with Crippen LogP contribution in [0.3, 0.4) is 0 Å². The van der Waals surface area contributed by atoms with Gasteiger partial charge in [0.15, 0.2) is 5.78 Å². The fraction of sp³-hybridized carbons (Fsp3) is 0.385. The van der Waals surface area contributed by atoms with Crippen LogP contribution in [0.4, 0.5) is 5.69 Å². The minimum absolute atomic E-state index is 0.182. The number of nitrogens with one attached hydrogen (secondary N) is 1. The molecule has 1 aromatic rings. The van der Waals surface area contributed by atoms with Crippen LogP contribution in [0.2, 0.25) is 10.0 Å². The van der Waals surface area contributed by atoms with Crippen LogP contribution in [0.1, 0.15) is 30.6 Å². The summed E-state index contributed by atoms with van der Waals surface area (Å²) in [5.74, 6) is -0.738. The third kappa shape index (κ3) is 4.37. The molecule has 0 bridgehead atoms. The Bertz CT molecular complexity index is 558. The molecular weight excluding hydrogens is 449 g/mol. The van der Waals surface area contributed by atoms with Gasteiger partial charge in [-0.05, 0) is 25.5 Å². The zero-order chi connectivity index (χ0) is 16.4. The number of carbonyl (C=O) groups is 2. The average molecular weight is 464 g/mol. The van der Waals surface area contributed by atoms with Gasteiger partial charge in [0.1, 0.15) is 3.38 Å². The van der Waals surface area contributed by atoms with Crippen LogP contribution in [0.5, 0.6) is 0 Å². The van der Waals surface area contributed by atoms with Crippen molar-refractivity contribution >= 4 is 74.8 Å². The van der Waals surface area contributed by atoms with Gasteiger partial charge in [-0.25, -0.2) is 0 Å². The second-order valence-corrected chi connectivity index (χ2v) is 7.89. The summed E-state index contributed by atoms with van der Waals surface area (Å²) >= 11 is 19.4. The van der Waals surface area contributed by atoms with E-state index in [-0.39, 0.29) is 27.1 Å². The number of Topliss-reactive ketones (excluding diaryl/α,β-unsaturated/α-hetero) is 1. The van der Waals surface area contributed by atoms with Crippen LogP contribution in [0, 0.1) is 0 Å². The Morgan fingerprint density at radius 1 is 1.38 bits per heavy atom. The number of alkyl halides is 2. The van der Waals surface area contributed by atoms with Crippen molar-refractivity contribution in [1.82, 2.24) is 5.32 Å². The molecule has 0 aliphatic heterocycles. The highest BCUT2D eigenvalue weighted by Crippen LogP contribution is 2.29. The Hall–Kier alpha value is -0.240. The van der Waals surface area contributed by atoms with Crippen LogP contribution in [0.25, 0.3) is 0 Å². The van der Waals surface area contributed by atoms with Crippen LogP contribution in [-0.2, 0) is 4.79 Å². The minimum atomic E-state index is -1.06. The monoisotopic (exact) mass is 462 g/mol. The third-order valence-electron chi connectivity index (χ3n) is 3.18. The van der Waals surface area contributed by atoms with Gasteiger partial charge in [0.05, 0.1) is 21.3 Å². The SMILES string of the molecule is CCC(C)(NC(=O)c1cc(Cl)c(N)c(Cl)c1)C(=O)C(Cl)I. The minimum Gasteiger partial charge on any atom is -0.396 e. The predicted octanol–water partition coefficient (Wildman–Crippen LogP) is 4.04. The molecule has 1 amide bonds. The first-order valence-corrected chi connectivity index (χ1v) is 8.45. The lowest BCUT2D eigenvalue weighted by molar-refractivity contribution is -0.122. The van der Waals surface area contributed by atoms with Crippen molar-refractivity contribution in [3.05, 3.63) is 27.7 Å². The number of nitrogens with two attached hydrogens (primary N) is 1. The van der Waals surface area contributed by atoms with Gasteiger partial charge in [-0.1, -0.05) is 52.7 Å². The van der Waals surface area contributed by atoms with Crippen LogP contribution < -0.4 is 11.1 Å². The Labute approximate surface area is 151 Å². The zero-order valence-corrected chi connectivity index (χ0v) is 15.8. The number of carbonyl (C=O) groups excluding carboxylic acids is 2. The first-order chi connectivity index (χ1) is 9.62. The van der Waals surface area contributed by atoms with Crippen molar-refractivity contribution in [2.45, 2.75) is 29.2 Å². The summed E-state index contributed by atoms with van der Waals surface area (Å²) in [6.45, 7) is 3.42. The molecule has 4 nitrogen and oxygen atoms in total. The molecule has 116 valence electrons. The molecule has 0 aromatic heterocycles. The highest BCUT2D eigenvalue weighted by atomic mass is 127. The fourth-order valence-corrected chi connectivity index (χ4v) is 3.02. The summed E-state index contributed by atoms with van der Waals surface area (Å²) in [7, 11) is 0. The number of amides is 1. The van der Waals surface area contributed by atoms with E-state index in [4.69, 9.17) is 40.5 Å². The van der Waals surface area contributed by atoms with E-state index in [1.807, 2.05) is 0 Å². The predicted molar refractivity (Wildman–Crippen MR) is 95.7 cm³/mol. The maximum Gasteiger partial charge on any atom is 0.252 e. The second-order valence-electron chi connectivity index (χ2n) is 4.66. The maximum absolute atomic E-state index is 12.3. The lowest BCUT2D eigenvalue weighted by atomic mass is 9.93. The summed E-state index contributed by atoms with van der Waals surface area (Å²) < 4.78 is -0.730. The number of hydrogen-bond donors (Lipinski definition) is 2. The van der Waals surface area contributed by atoms with E-state index in [1.54, 1.807) is 36.4 Å². The largest absolute Gasteiger partial charge is 0.396 e. The van der Waals surface area contributed by atoms with Gasteiger partial charge in [0.25, 0.3) is 5.91 Å². The van der Waals surface area contributed by atoms with E-state index in [2.05, 4.69) is 5.32 Å². The van der Waals surface area contributed by atoms with E-state index in [0.29, 0.717) is 6.42 Å². The number of anilines is 1. The Balaban J connectivity index is 3.07. The molecule has 1 aromatic carbocycles. The summed E-state index contributed by atoms with van der Waals surface area (Å²) in [5.41, 5.74) is 4.99. The van der Waals surface area contributed by atoms with E-state index in [1.165, 1.54) is 12.1 Å². The Morgan fingerprint density at radius 2 is 1.86 bits per heavy atom. The normalized spacial score (nSPS) is 15.1. The highest BCUT2D eigenvalue weighted by Gasteiger charge is 2.36. The van der Waals surface area contributed by atoms with Gasteiger partial charge < -0.3 is 11.1 Å². The third-order valence-corrected chi connectivity index (χ3v) is 4.57. The number of ketones is 1. The molecular formula is C13H14Cl3IN2O2. The molecule has 0 spiro atoms. The Kier molecular flexibility index (Phi) is 6.58. The molecule has 0 aliphatic rings. The first kappa shape index (κ1) is 18.8. The number of halogens is 4. The molecule has 0 saturated carbocycles. The second kappa shape index (κ2) is 7.35. The molecule has 0 saturated heterocycles. The lowest BCUT2D eigenvalue weighted by Crippen LogP contribution is -2.53. The number of hydrogen-bond acceptors (Lipinski definition) is 3. The van der Waals surface area contributed by atoms with Crippen molar-refractivity contribution in [2.75, 3.05) is 5.73 Å². The molecule has 1 rings (SSSR count). The number of nitrogen functional groups attached to an aromatic ring is 1. The van der Waals surface area contributed by atoms with Gasteiger partial charge >= 0.3 is 0 Å². The van der Waals surface area contributed by atoms with Crippen molar-refractivity contribution in [3.63, 3.8) is 0 Å². The van der Waals surface area contributed by atoms with E-state index in [9.17, 15) is 9.59 Å². The van der Waals surface area contributed by atoms with E-state index >= 15 is 0 Å². The number of benzene rings is 1. The van der Waals surface area contributed by atoms with Crippen molar-refractivity contribution in [1.29, 1.82) is 0 Å². The van der Waals surface area contributed by atoms with Crippen LogP contribution >= 0.6 is 57.4 Å². The lowest BCUT2D eigenvalue weighted by Gasteiger charge is -2.28. The van der Waals surface area contributed by atoms with Crippen molar-refractivity contribution < 1.29 is 9.59 Å². The number of rotatable bonds is 5. The molecule has 0 aliphatic carbocycles. The van der Waals surface area contributed by atoms with Crippen LogP contribution in [-0.4, -0.2) is 20.6 Å². The molecule has 2 atom stereocenters. The molecule has 0 radical (unpaired) electrons. The summed E-state index contributed by atoms with van der Waals surface area (Å²) in [6, 6.07) is 2.81. The Morgan fingerprint density at radius 3 is 2.24 bits per heavy atom. The smallest absolute Gasteiger partial charge is 0.252 e. The van der Waals surface area contributed by atoms with E-state index in [0.717, 1.165) is 0 Å². The molecule has 8 heteroatoms. The molecule has 21 heavy (non-hydrogen) atoms. The highest BCUT2D eigenvalue weighted by molar-refractivity contribution is 14.1. The van der Waals surface area contributed by atoms with Gasteiger partial charge in [0, 0.05) is 5.56 Å². The van der Waals surface area contributed by atoms with Crippen molar-refractivity contribution in [2.24, 2.45) is 0 Å². The van der Waals surface area contributed by atoms with Gasteiger partial charge in [-0.3, -0.25) is 9.59 Å². The van der Waals surface area contributed by atoms with Crippen molar-refractivity contribution in [3.8, 4) is 0 Å². The zero-order valence-electron chi connectivity index (χ0n) is 11.3. The average Bonchev–Trinajstić information content (AvgIpc) is 2.42. The fourth-order valence-electron chi connectivity index (χ4n) is 1.60. The first-order valence-electron chi connectivity index (χ1n) is 6.02. The standard InChI is InChI=1S/C13H14Cl3IN2O2/c1-3-13(2,10(20)11(16)17)19-12(21)6-4-7(14)9(18)8(15)5-6/h4-5,11H,3,18H2,1-2H3,(H,19,21). The summed E-state index contributed by atoms with van der Waals surface area (Å²) in [5, 5.41) is 3.04. The van der Waals surface area contributed by atoms with Gasteiger partial charge in [-0.2, -0.15) is 0 Å². The van der Waals surface area contributed by atoms with Gasteiger partial charge in [0.2, 0.25) is 0 Å². The van der Waals surface area contributed by atoms with Crippen LogP contribution in [0.15, 0.2) is 12.1 Å². The molecule has 0 heterocycles. The molecule has 2 unspecified atom stereocenters. The quantitative estimate of drug-likeness (QED) is 0.393. The topological polar surface area (TPSA) is 72.2 Å².